The highest BCUT2D eigenvalue weighted by molar-refractivity contribution is 7.09. The Labute approximate surface area is 79.6 Å². The second-order valence-corrected chi connectivity index (χ2v) is 3.35. The zero-order valence-electron chi connectivity index (χ0n) is 7.06. The summed E-state index contributed by atoms with van der Waals surface area (Å²) in [4.78, 5) is 8.35. The number of hydrogen-bond acceptors (Lipinski definition) is 5. The maximum absolute atomic E-state index is 5.55. The molecule has 0 amide bonds. The molecule has 13 heavy (non-hydrogen) atoms. The molecule has 4 nitrogen and oxygen atoms in total. The largest absolute Gasteiger partial charge is 0.384 e. The number of hydrogen-bond donors (Lipinski definition) is 1. The van der Waals surface area contributed by atoms with E-state index in [-0.39, 0.29) is 0 Å². The Kier molecular flexibility index (Phi) is 1.94. The first-order chi connectivity index (χ1) is 6.25. The highest BCUT2D eigenvalue weighted by atomic mass is 32.1. The number of nitrogen functional groups attached to an aromatic ring is 1. The van der Waals surface area contributed by atoms with Gasteiger partial charge in [0.15, 0.2) is 5.01 Å². The Morgan fingerprint density at radius 2 is 2.15 bits per heavy atom. The minimum absolute atomic E-state index is 0.505. The predicted molar refractivity (Wildman–Crippen MR) is 52.3 cm³/mol. The second-order valence-electron chi connectivity index (χ2n) is 2.59. The zero-order chi connectivity index (χ0) is 9.26. The summed E-state index contributed by atoms with van der Waals surface area (Å²) < 4.78 is 4.07. The standard InChI is InChI=1S/C8H8N4S/c1-5-10-8(13-12-5)6-3-2-4-7(9)11-6/h2-4H,1H3,(H2,9,11). The lowest BCUT2D eigenvalue weighted by Crippen LogP contribution is -1.90. The molecule has 0 aromatic carbocycles. The third-order valence-electron chi connectivity index (χ3n) is 1.52. The summed E-state index contributed by atoms with van der Waals surface area (Å²) >= 11 is 1.33. The van der Waals surface area contributed by atoms with Crippen molar-refractivity contribution >= 4 is 17.4 Å². The molecule has 0 bridgehead atoms. The van der Waals surface area contributed by atoms with Crippen LogP contribution in [-0.4, -0.2) is 14.3 Å². The average Bonchev–Trinajstić information content (AvgIpc) is 2.52. The molecule has 2 heterocycles. The fourth-order valence-electron chi connectivity index (χ4n) is 0.972. The van der Waals surface area contributed by atoms with Crippen LogP contribution in [0.4, 0.5) is 5.82 Å². The van der Waals surface area contributed by atoms with Crippen LogP contribution < -0.4 is 5.73 Å². The van der Waals surface area contributed by atoms with Gasteiger partial charge in [-0.1, -0.05) is 6.07 Å². The van der Waals surface area contributed by atoms with Crippen LogP contribution in [0.5, 0.6) is 0 Å². The van der Waals surface area contributed by atoms with Gasteiger partial charge in [-0.2, -0.15) is 4.37 Å². The minimum Gasteiger partial charge on any atom is -0.384 e. The molecular weight excluding hydrogens is 184 g/mol. The lowest BCUT2D eigenvalue weighted by atomic mass is 10.3. The molecule has 0 aliphatic rings. The first-order valence-corrected chi connectivity index (χ1v) is 4.56. The van der Waals surface area contributed by atoms with E-state index in [1.165, 1.54) is 11.5 Å². The maximum Gasteiger partial charge on any atom is 0.162 e. The Bertz CT molecular complexity index is 424. The Hall–Kier alpha value is -1.49. The first-order valence-electron chi connectivity index (χ1n) is 3.79. The fraction of sp³-hybridized carbons (Fsp3) is 0.125. The van der Waals surface area contributed by atoms with Gasteiger partial charge >= 0.3 is 0 Å². The van der Waals surface area contributed by atoms with Gasteiger partial charge in [-0.25, -0.2) is 9.97 Å². The number of nitrogens with two attached hydrogens (primary N) is 1. The molecule has 0 saturated carbocycles. The zero-order valence-corrected chi connectivity index (χ0v) is 7.88. The van der Waals surface area contributed by atoms with E-state index >= 15 is 0 Å². The summed E-state index contributed by atoms with van der Waals surface area (Å²) in [6.07, 6.45) is 0. The van der Waals surface area contributed by atoms with Gasteiger partial charge in [0.1, 0.15) is 17.3 Å². The summed E-state index contributed by atoms with van der Waals surface area (Å²) in [6.45, 7) is 1.85. The minimum atomic E-state index is 0.505. The molecule has 0 aliphatic carbocycles. The molecule has 2 aromatic rings. The van der Waals surface area contributed by atoms with Crippen LogP contribution in [-0.2, 0) is 0 Å². The van der Waals surface area contributed by atoms with E-state index in [0.29, 0.717) is 5.82 Å². The molecule has 2 aromatic heterocycles. The van der Waals surface area contributed by atoms with Crippen LogP contribution in [0.25, 0.3) is 10.7 Å². The molecule has 0 spiro atoms. The quantitative estimate of drug-likeness (QED) is 0.743. The smallest absolute Gasteiger partial charge is 0.162 e. The van der Waals surface area contributed by atoms with Crippen molar-refractivity contribution in [3.63, 3.8) is 0 Å². The maximum atomic E-state index is 5.55. The average molecular weight is 192 g/mol. The first kappa shape index (κ1) is 8.12. The van der Waals surface area contributed by atoms with Crippen LogP contribution >= 0.6 is 11.5 Å². The van der Waals surface area contributed by atoms with Crippen LogP contribution in [0.3, 0.4) is 0 Å². The summed E-state index contributed by atoms with van der Waals surface area (Å²) in [5.41, 5.74) is 6.33. The van der Waals surface area contributed by atoms with Gasteiger partial charge < -0.3 is 5.73 Å². The van der Waals surface area contributed by atoms with Crippen molar-refractivity contribution in [2.45, 2.75) is 6.92 Å². The van der Waals surface area contributed by atoms with Gasteiger partial charge in [0.2, 0.25) is 0 Å². The summed E-state index contributed by atoms with van der Waals surface area (Å²) in [5.74, 6) is 1.27. The molecule has 0 radical (unpaired) electrons. The summed E-state index contributed by atoms with van der Waals surface area (Å²) in [7, 11) is 0. The Balaban J connectivity index is 2.46. The molecule has 0 fully saturated rings. The van der Waals surface area contributed by atoms with E-state index in [0.717, 1.165) is 16.5 Å². The summed E-state index contributed by atoms with van der Waals surface area (Å²) in [5, 5.41) is 0.810. The lowest BCUT2D eigenvalue weighted by molar-refractivity contribution is 1.16. The van der Waals surface area contributed by atoms with E-state index in [2.05, 4.69) is 14.3 Å². The van der Waals surface area contributed by atoms with Gasteiger partial charge in [-0.05, 0) is 30.6 Å². The van der Waals surface area contributed by atoms with E-state index < -0.39 is 0 Å². The highest BCUT2D eigenvalue weighted by Crippen LogP contribution is 2.19. The van der Waals surface area contributed by atoms with Crippen molar-refractivity contribution in [3.05, 3.63) is 24.0 Å². The number of aromatic nitrogens is 3. The third-order valence-corrected chi connectivity index (χ3v) is 2.35. The van der Waals surface area contributed by atoms with Gasteiger partial charge in [0.05, 0.1) is 0 Å². The van der Waals surface area contributed by atoms with Gasteiger partial charge in [-0.15, -0.1) is 0 Å². The fourth-order valence-corrected chi connectivity index (χ4v) is 1.61. The second kappa shape index (κ2) is 3.10. The van der Waals surface area contributed by atoms with Crippen LogP contribution in [0.1, 0.15) is 5.82 Å². The molecule has 2 rings (SSSR count). The molecule has 0 aliphatic heterocycles. The predicted octanol–water partition coefficient (Wildman–Crippen LogP) is 1.49. The third kappa shape index (κ3) is 1.65. The molecule has 66 valence electrons. The van der Waals surface area contributed by atoms with Crippen molar-refractivity contribution in [2.75, 3.05) is 5.73 Å². The number of anilines is 1. The van der Waals surface area contributed by atoms with E-state index in [1.54, 1.807) is 6.07 Å². The summed E-state index contributed by atoms with van der Waals surface area (Å²) in [6, 6.07) is 5.47. The SMILES string of the molecule is Cc1nsc(-c2cccc(N)n2)n1. The van der Waals surface area contributed by atoms with E-state index in [4.69, 9.17) is 5.73 Å². The van der Waals surface area contributed by atoms with E-state index in [9.17, 15) is 0 Å². The van der Waals surface area contributed by atoms with Crippen LogP contribution in [0.2, 0.25) is 0 Å². The number of pyridine rings is 1. The van der Waals surface area contributed by atoms with Gasteiger partial charge in [-0.3, -0.25) is 0 Å². The Morgan fingerprint density at radius 1 is 1.31 bits per heavy atom. The molecule has 0 saturated heterocycles. The lowest BCUT2D eigenvalue weighted by Gasteiger charge is -1.94. The molecular formula is C8H8N4S. The monoisotopic (exact) mass is 192 g/mol. The van der Waals surface area contributed by atoms with Crippen molar-refractivity contribution in [3.8, 4) is 10.7 Å². The van der Waals surface area contributed by atoms with Crippen LogP contribution in [0, 0.1) is 6.92 Å². The molecule has 2 N–H and O–H groups in total. The van der Waals surface area contributed by atoms with Crippen molar-refractivity contribution < 1.29 is 0 Å². The molecule has 5 heteroatoms. The molecule has 0 atom stereocenters. The number of nitrogens with zero attached hydrogens (tertiary/aromatic N) is 3. The normalized spacial score (nSPS) is 10.2. The van der Waals surface area contributed by atoms with Crippen molar-refractivity contribution in [2.24, 2.45) is 0 Å². The van der Waals surface area contributed by atoms with Crippen molar-refractivity contribution in [1.29, 1.82) is 0 Å². The highest BCUT2D eigenvalue weighted by Gasteiger charge is 2.04. The van der Waals surface area contributed by atoms with Gasteiger partial charge in [0, 0.05) is 0 Å². The number of aryl methyl sites for hydroxylation is 1. The van der Waals surface area contributed by atoms with Crippen LogP contribution in [0.15, 0.2) is 18.2 Å². The molecule has 0 unspecified atom stereocenters. The topological polar surface area (TPSA) is 64.7 Å². The van der Waals surface area contributed by atoms with E-state index in [1.807, 2.05) is 19.1 Å². The Morgan fingerprint density at radius 3 is 2.77 bits per heavy atom. The number of rotatable bonds is 1. The van der Waals surface area contributed by atoms with Crippen molar-refractivity contribution in [1.82, 2.24) is 14.3 Å². The van der Waals surface area contributed by atoms with Gasteiger partial charge in [0.25, 0.3) is 0 Å².